The van der Waals surface area contributed by atoms with Crippen molar-refractivity contribution in [2.75, 3.05) is 0 Å². The highest BCUT2D eigenvalue weighted by Crippen LogP contribution is 2.02. The van der Waals surface area contributed by atoms with E-state index in [0.717, 1.165) is 12.8 Å². The van der Waals surface area contributed by atoms with Crippen molar-refractivity contribution in [2.24, 2.45) is 0 Å². The van der Waals surface area contributed by atoms with Gasteiger partial charge in [0.15, 0.2) is 18.2 Å². The van der Waals surface area contributed by atoms with Gasteiger partial charge in [0.2, 0.25) is 6.54 Å². The number of aromatic nitrogens is 1. The zero-order valence-electron chi connectivity index (χ0n) is 9.48. The molecule has 2 nitrogen and oxygen atoms in total. The monoisotopic (exact) mass is 206 g/mol. The van der Waals surface area contributed by atoms with Crippen molar-refractivity contribution in [1.82, 2.24) is 0 Å². The molecule has 2 heteroatoms. The van der Waals surface area contributed by atoms with E-state index in [2.05, 4.69) is 6.92 Å². The lowest BCUT2D eigenvalue weighted by Crippen LogP contribution is -2.36. The third-order valence-electron chi connectivity index (χ3n) is 2.45. The lowest BCUT2D eigenvalue weighted by Gasteiger charge is -1.97. The minimum atomic E-state index is 0.335. The normalized spacial score (nSPS) is 10.2. The molecule has 1 aromatic rings. The molecule has 0 aliphatic rings. The highest BCUT2D eigenvalue weighted by Gasteiger charge is 2.07. The molecule has 1 rings (SSSR count). The summed E-state index contributed by atoms with van der Waals surface area (Å²) in [7, 11) is 0. The Kier molecular flexibility index (Phi) is 5.67. The van der Waals surface area contributed by atoms with E-state index in [1.54, 1.807) is 0 Å². The Morgan fingerprint density at radius 1 is 1.07 bits per heavy atom. The number of carbonyl (C=O) groups is 1. The van der Waals surface area contributed by atoms with Crippen LogP contribution in [0, 0.1) is 0 Å². The van der Waals surface area contributed by atoms with E-state index < -0.39 is 0 Å². The molecule has 82 valence electrons. The molecule has 0 fully saturated rings. The summed E-state index contributed by atoms with van der Waals surface area (Å²) in [6, 6.07) is 5.86. The SMILES string of the molecule is CCCCCCC(=O)C[n+]1ccccc1. The quantitative estimate of drug-likeness (QED) is 0.496. The second-order valence-electron chi connectivity index (χ2n) is 3.90. The molecule has 0 spiro atoms. The van der Waals surface area contributed by atoms with Gasteiger partial charge in [-0.2, -0.15) is 4.57 Å². The van der Waals surface area contributed by atoms with Gasteiger partial charge in [-0.15, -0.1) is 0 Å². The van der Waals surface area contributed by atoms with Crippen LogP contribution in [-0.2, 0) is 11.3 Å². The van der Waals surface area contributed by atoms with Crippen LogP contribution in [0.2, 0.25) is 0 Å². The zero-order valence-corrected chi connectivity index (χ0v) is 9.48. The number of hydrogen-bond acceptors (Lipinski definition) is 1. The minimum absolute atomic E-state index is 0.335. The number of nitrogens with zero attached hydrogens (tertiary/aromatic N) is 1. The van der Waals surface area contributed by atoms with E-state index in [1.807, 2.05) is 35.2 Å². The Bertz CT molecular complexity index is 282. The van der Waals surface area contributed by atoms with Crippen LogP contribution in [0.4, 0.5) is 0 Å². The Labute approximate surface area is 91.9 Å². The molecule has 15 heavy (non-hydrogen) atoms. The third-order valence-corrected chi connectivity index (χ3v) is 2.45. The fraction of sp³-hybridized carbons (Fsp3) is 0.538. The van der Waals surface area contributed by atoms with E-state index in [-0.39, 0.29) is 0 Å². The average Bonchev–Trinajstić information content (AvgIpc) is 2.26. The van der Waals surface area contributed by atoms with E-state index >= 15 is 0 Å². The van der Waals surface area contributed by atoms with Gasteiger partial charge >= 0.3 is 0 Å². The second-order valence-corrected chi connectivity index (χ2v) is 3.90. The van der Waals surface area contributed by atoms with Crippen LogP contribution >= 0.6 is 0 Å². The van der Waals surface area contributed by atoms with Crippen LogP contribution in [0.5, 0.6) is 0 Å². The molecule has 0 N–H and O–H groups in total. The Morgan fingerprint density at radius 3 is 2.47 bits per heavy atom. The van der Waals surface area contributed by atoms with Crippen molar-refractivity contribution >= 4 is 5.78 Å². The fourth-order valence-corrected chi connectivity index (χ4v) is 1.57. The molecule has 0 bridgehead atoms. The second kappa shape index (κ2) is 7.16. The predicted molar refractivity (Wildman–Crippen MR) is 60.4 cm³/mol. The average molecular weight is 206 g/mol. The van der Waals surface area contributed by atoms with Gasteiger partial charge in [-0.1, -0.05) is 32.3 Å². The summed E-state index contributed by atoms with van der Waals surface area (Å²) in [6.07, 6.45) is 9.28. The molecular weight excluding hydrogens is 186 g/mol. The number of rotatable bonds is 7. The number of hydrogen-bond donors (Lipinski definition) is 0. The maximum atomic E-state index is 11.6. The van der Waals surface area contributed by atoms with Gasteiger partial charge in [0.25, 0.3) is 0 Å². The van der Waals surface area contributed by atoms with Gasteiger partial charge in [0.1, 0.15) is 0 Å². The highest BCUT2D eigenvalue weighted by molar-refractivity contribution is 5.76. The first-order valence-corrected chi connectivity index (χ1v) is 5.78. The molecule has 1 aromatic heterocycles. The number of pyridine rings is 1. The number of Topliss-reactive ketones (excluding diaryl/α,β-unsaturated/α-hetero) is 1. The Hall–Kier alpha value is -1.18. The summed E-state index contributed by atoms with van der Waals surface area (Å²) in [6.45, 7) is 2.70. The third kappa shape index (κ3) is 5.31. The van der Waals surface area contributed by atoms with Crippen LogP contribution in [0.1, 0.15) is 39.0 Å². The van der Waals surface area contributed by atoms with Gasteiger partial charge in [-0.25, -0.2) is 0 Å². The van der Waals surface area contributed by atoms with Crippen molar-refractivity contribution in [2.45, 2.75) is 45.6 Å². The molecule has 0 unspecified atom stereocenters. The summed E-state index contributed by atoms with van der Waals surface area (Å²) >= 11 is 0. The molecule has 0 amide bonds. The molecular formula is C13H20NO+. The fourth-order valence-electron chi connectivity index (χ4n) is 1.57. The first kappa shape index (κ1) is 11.9. The van der Waals surface area contributed by atoms with E-state index in [4.69, 9.17) is 0 Å². The summed E-state index contributed by atoms with van der Waals surface area (Å²) in [5, 5.41) is 0. The summed E-state index contributed by atoms with van der Waals surface area (Å²) in [5.74, 6) is 0.335. The minimum Gasteiger partial charge on any atom is -0.293 e. The van der Waals surface area contributed by atoms with Gasteiger partial charge < -0.3 is 0 Å². The van der Waals surface area contributed by atoms with Gasteiger partial charge in [0.05, 0.1) is 0 Å². The molecule has 1 heterocycles. The lowest BCUT2D eigenvalue weighted by atomic mass is 10.1. The summed E-state index contributed by atoms with van der Waals surface area (Å²) < 4.78 is 1.93. The molecule has 0 aromatic carbocycles. The summed E-state index contributed by atoms with van der Waals surface area (Å²) in [4.78, 5) is 11.6. The Balaban J connectivity index is 2.19. The summed E-state index contributed by atoms with van der Waals surface area (Å²) in [5.41, 5.74) is 0. The van der Waals surface area contributed by atoms with Crippen molar-refractivity contribution < 1.29 is 9.36 Å². The number of carbonyl (C=O) groups excluding carboxylic acids is 1. The standard InChI is InChI=1S/C13H20NO/c1-2-3-4-6-9-13(15)12-14-10-7-5-8-11-14/h5,7-8,10-11H,2-4,6,9,12H2,1H3/q+1. The Morgan fingerprint density at radius 2 is 1.80 bits per heavy atom. The van der Waals surface area contributed by atoms with Crippen molar-refractivity contribution in [3.63, 3.8) is 0 Å². The molecule has 0 saturated heterocycles. The lowest BCUT2D eigenvalue weighted by molar-refractivity contribution is -0.684. The maximum Gasteiger partial charge on any atom is 0.206 e. The van der Waals surface area contributed by atoms with E-state index in [9.17, 15) is 4.79 Å². The van der Waals surface area contributed by atoms with Crippen molar-refractivity contribution in [1.29, 1.82) is 0 Å². The topological polar surface area (TPSA) is 20.9 Å². The first-order valence-electron chi connectivity index (χ1n) is 5.78. The molecule has 0 aliphatic carbocycles. The maximum absolute atomic E-state index is 11.6. The van der Waals surface area contributed by atoms with Crippen LogP contribution in [0.15, 0.2) is 30.6 Å². The first-order chi connectivity index (χ1) is 7.33. The molecule has 0 saturated carbocycles. The van der Waals surface area contributed by atoms with Crippen LogP contribution in [-0.4, -0.2) is 5.78 Å². The zero-order chi connectivity index (χ0) is 10.9. The molecule has 0 atom stereocenters. The van der Waals surface area contributed by atoms with E-state index in [1.165, 1.54) is 19.3 Å². The van der Waals surface area contributed by atoms with Crippen LogP contribution < -0.4 is 4.57 Å². The van der Waals surface area contributed by atoms with Crippen molar-refractivity contribution in [3.05, 3.63) is 30.6 Å². The van der Waals surface area contributed by atoms with Crippen molar-refractivity contribution in [3.8, 4) is 0 Å². The largest absolute Gasteiger partial charge is 0.293 e. The van der Waals surface area contributed by atoms with Crippen LogP contribution in [0.25, 0.3) is 0 Å². The predicted octanol–water partition coefficient (Wildman–Crippen LogP) is 2.51. The number of unbranched alkanes of at least 4 members (excludes halogenated alkanes) is 3. The molecule has 0 aliphatic heterocycles. The van der Waals surface area contributed by atoms with Gasteiger partial charge in [-0.05, 0) is 6.42 Å². The van der Waals surface area contributed by atoms with Gasteiger partial charge in [0, 0.05) is 18.6 Å². The van der Waals surface area contributed by atoms with E-state index in [0.29, 0.717) is 12.3 Å². The molecule has 0 radical (unpaired) electrons. The van der Waals surface area contributed by atoms with Crippen LogP contribution in [0.3, 0.4) is 0 Å². The highest BCUT2D eigenvalue weighted by atomic mass is 16.1. The number of ketones is 1. The smallest absolute Gasteiger partial charge is 0.206 e. The van der Waals surface area contributed by atoms with Gasteiger partial charge in [-0.3, -0.25) is 4.79 Å².